The Bertz CT molecular complexity index is 1200. The summed E-state index contributed by atoms with van der Waals surface area (Å²) < 4.78 is 80.1. The van der Waals surface area contributed by atoms with Gasteiger partial charge in [0.25, 0.3) is 5.91 Å². The van der Waals surface area contributed by atoms with Gasteiger partial charge in [0, 0.05) is 17.8 Å². The largest absolute Gasteiger partial charge is 0.417 e. The molecule has 0 unspecified atom stereocenters. The van der Waals surface area contributed by atoms with Gasteiger partial charge in [0.2, 0.25) is 0 Å². The maximum atomic E-state index is 13.5. The van der Waals surface area contributed by atoms with Crippen molar-refractivity contribution in [1.29, 1.82) is 5.26 Å². The van der Waals surface area contributed by atoms with Crippen LogP contribution in [0.4, 0.5) is 17.6 Å². The summed E-state index contributed by atoms with van der Waals surface area (Å²) in [6.45, 7) is 3.21. The fourth-order valence-electron chi connectivity index (χ4n) is 3.73. The van der Waals surface area contributed by atoms with Crippen molar-refractivity contribution in [1.82, 2.24) is 10.2 Å². The molecule has 33 heavy (non-hydrogen) atoms. The first-order chi connectivity index (χ1) is 15.5. The molecule has 1 fully saturated rings. The van der Waals surface area contributed by atoms with Gasteiger partial charge in [-0.1, -0.05) is 18.7 Å². The third-order valence-electron chi connectivity index (χ3n) is 5.35. The van der Waals surface area contributed by atoms with Crippen LogP contribution < -0.4 is 5.32 Å². The minimum Gasteiger partial charge on any atom is -0.374 e. The number of sulfone groups is 1. The first-order valence-electron chi connectivity index (χ1n) is 9.73. The normalized spacial score (nSPS) is 18.6. The number of carbonyl (C=O) groups excluding carboxylic acids is 1. The highest BCUT2D eigenvalue weighted by Gasteiger charge is 2.46. The van der Waals surface area contributed by atoms with E-state index >= 15 is 0 Å². The van der Waals surface area contributed by atoms with E-state index in [-0.39, 0.29) is 24.2 Å². The van der Waals surface area contributed by atoms with E-state index in [1.807, 2.05) is 6.07 Å². The van der Waals surface area contributed by atoms with Crippen molar-refractivity contribution in [2.75, 3.05) is 13.1 Å². The summed E-state index contributed by atoms with van der Waals surface area (Å²) in [5.74, 6) is -1.21. The van der Waals surface area contributed by atoms with Gasteiger partial charge in [-0.15, -0.1) is 0 Å². The molecule has 2 aromatic carbocycles. The van der Waals surface area contributed by atoms with Gasteiger partial charge in [0.15, 0.2) is 9.84 Å². The summed E-state index contributed by atoms with van der Waals surface area (Å²) in [5, 5.41) is 10.1. The number of nitrogens with zero attached hydrogens (tertiary/aromatic N) is 2. The van der Waals surface area contributed by atoms with Crippen molar-refractivity contribution in [2.45, 2.75) is 28.8 Å². The monoisotopic (exact) mass is 481 g/mol. The lowest BCUT2D eigenvalue weighted by Gasteiger charge is -2.26. The molecule has 2 atom stereocenters. The number of rotatable bonds is 6. The van der Waals surface area contributed by atoms with Crippen molar-refractivity contribution in [3.63, 3.8) is 0 Å². The summed E-state index contributed by atoms with van der Waals surface area (Å²) in [6.07, 6.45) is -5.11. The highest BCUT2D eigenvalue weighted by Crippen LogP contribution is 2.38. The third kappa shape index (κ3) is 5.01. The number of benzene rings is 2. The van der Waals surface area contributed by atoms with Gasteiger partial charge in [-0.05, 0) is 42.8 Å². The van der Waals surface area contributed by atoms with Crippen LogP contribution >= 0.6 is 0 Å². The maximum Gasteiger partial charge on any atom is 0.417 e. The molecule has 0 radical (unpaired) electrons. The van der Waals surface area contributed by atoms with E-state index in [9.17, 15) is 30.8 Å². The molecule has 1 aliphatic rings. The predicted octanol–water partition coefficient (Wildman–Crippen LogP) is 3.53. The van der Waals surface area contributed by atoms with E-state index in [1.165, 1.54) is 23.1 Å². The van der Waals surface area contributed by atoms with Gasteiger partial charge < -0.3 is 10.2 Å². The zero-order valence-corrected chi connectivity index (χ0v) is 18.0. The maximum absolute atomic E-state index is 13.5. The molecule has 3 rings (SSSR count). The van der Waals surface area contributed by atoms with Crippen LogP contribution in [0.5, 0.6) is 0 Å². The van der Waals surface area contributed by atoms with Crippen molar-refractivity contribution in [3.8, 4) is 6.07 Å². The summed E-state index contributed by atoms with van der Waals surface area (Å²) in [6, 6.07) is 9.37. The summed E-state index contributed by atoms with van der Waals surface area (Å²) in [7, 11) is -4.50. The molecule has 0 bridgehead atoms. The number of likely N-dealkylation sites (tertiary alicyclic amines) is 1. The van der Waals surface area contributed by atoms with Crippen molar-refractivity contribution in [3.05, 3.63) is 77.8 Å². The Balaban J connectivity index is 2.00. The molecule has 0 aromatic heterocycles. The van der Waals surface area contributed by atoms with Crippen LogP contribution in [0.2, 0.25) is 0 Å². The zero-order chi connectivity index (χ0) is 24.4. The van der Waals surface area contributed by atoms with Crippen LogP contribution in [0.1, 0.15) is 22.3 Å². The molecule has 6 nitrogen and oxygen atoms in total. The average Bonchev–Trinajstić information content (AvgIpc) is 3.23. The lowest BCUT2D eigenvalue weighted by molar-refractivity contribution is -0.139. The van der Waals surface area contributed by atoms with E-state index in [2.05, 4.69) is 11.9 Å². The highest BCUT2D eigenvalue weighted by molar-refractivity contribution is 7.92. The number of halogens is 4. The number of carbonyl (C=O) groups is 1. The summed E-state index contributed by atoms with van der Waals surface area (Å²) >= 11 is 0. The quantitative estimate of drug-likeness (QED) is 0.504. The van der Waals surface area contributed by atoms with Crippen LogP contribution in [-0.2, 0) is 16.0 Å². The number of nitrogens with one attached hydrogen (secondary N) is 1. The lowest BCUT2D eigenvalue weighted by Crippen LogP contribution is -2.40. The lowest BCUT2D eigenvalue weighted by atomic mass is 10.1. The van der Waals surface area contributed by atoms with Gasteiger partial charge in [-0.3, -0.25) is 4.79 Å². The smallest absolute Gasteiger partial charge is 0.374 e. The van der Waals surface area contributed by atoms with E-state index < -0.39 is 56.0 Å². The fraction of sp³-hybridized carbons (Fsp3) is 0.273. The molecule has 174 valence electrons. The van der Waals surface area contributed by atoms with Crippen LogP contribution in [0, 0.1) is 17.1 Å². The molecular weight excluding hydrogens is 462 g/mol. The molecule has 1 amide bonds. The number of hydrogen-bond acceptors (Lipinski definition) is 5. The Morgan fingerprint density at radius 1 is 1.18 bits per heavy atom. The van der Waals surface area contributed by atoms with Crippen molar-refractivity contribution < 1.29 is 30.8 Å². The van der Waals surface area contributed by atoms with E-state index in [0.29, 0.717) is 6.07 Å². The minimum absolute atomic E-state index is 0.0724. The van der Waals surface area contributed by atoms with Crippen LogP contribution in [0.25, 0.3) is 0 Å². The van der Waals surface area contributed by atoms with Gasteiger partial charge >= 0.3 is 6.18 Å². The molecule has 0 spiro atoms. The summed E-state index contributed by atoms with van der Waals surface area (Å²) in [4.78, 5) is 13.4. The molecule has 11 heteroatoms. The van der Waals surface area contributed by atoms with E-state index in [4.69, 9.17) is 5.26 Å². The molecular formula is C22H19F4N3O3S. The topological polar surface area (TPSA) is 90.3 Å². The van der Waals surface area contributed by atoms with Gasteiger partial charge in [0.05, 0.1) is 27.8 Å². The third-order valence-corrected chi connectivity index (χ3v) is 7.54. The van der Waals surface area contributed by atoms with Crippen LogP contribution in [-0.4, -0.2) is 43.6 Å². The van der Waals surface area contributed by atoms with Gasteiger partial charge in [-0.25, -0.2) is 12.8 Å². The SMILES string of the molecule is C=C(NCC#N)[C@@H]1C[C@@H](S(=O)(=O)c2ccccc2C(F)(F)F)CN1C(=O)c1ccc(F)cc1. The molecule has 0 saturated carbocycles. The second kappa shape index (κ2) is 9.23. The number of amides is 1. The molecule has 2 aromatic rings. The second-order valence-corrected chi connectivity index (χ2v) is 9.61. The van der Waals surface area contributed by atoms with Crippen molar-refractivity contribution in [2.24, 2.45) is 0 Å². The second-order valence-electron chi connectivity index (χ2n) is 7.41. The van der Waals surface area contributed by atoms with Crippen molar-refractivity contribution >= 4 is 15.7 Å². The Kier molecular flexibility index (Phi) is 6.78. The average molecular weight is 481 g/mol. The van der Waals surface area contributed by atoms with Gasteiger partial charge in [-0.2, -0.15) is 18.4 Å². The van der Waals surface area contributed by atoms with Crippen LogP contribution in [0.15, 0.2) is 65.7 Å². The standard InChI is InChI=1S/C22H19F4N3O3S/c1-14(28-11-10-27)19-12-17(13-29(19)21(30)15-6-8-16(23)9-7-15)33(31,32)20-5-3-2-4-18(20)22(24,25)26/h2-9,17,19,28H,1,11-13H2/t17-,19+/m1/s1. The molecule has 1 heterocycles. The molecule has 1 saturated heterocycles. The first-order valence-corrected chi connectivity index (χ1v) is 11.3. The number of nitriles is 1. The van der Waals surface area contributed by atoms with E-state index in [1.54, 1.807) is 0 Å². The van der Waals surface area contributed by atoms with Crippen LogP contribution in [0.3, 0.4) is 0 Å². The summed E-state index contributed by atoms with van der Waals surface area (Å²) in [5.41, 5.74) is -1.04. The zero-order valence-electron chi connectivity index (χ0n) is 17.1. The number of hydrogen-bond donors (Lipinski definition) is 1. The number of alkyl halides is 3. The Morgan fingerprint density at radius 2 is 1.82 bits per heavy atom. The molecule has 0 aliphatic carbocycles. The first kappa shape index (κ1) is 24.3. The Labute approximate surface area is 188 Å². The predicted molar refractivity (Wildman–Crippen MR) is 111 cm³/mol. The molecule has 1 aliphatic heterocycles. The van der Waals surface area contributed by atoms with E-state index in [0.717, 1.165) is 24.3 Å². The molecule has 1 N–H and O–H groups in total. The Hall–Kier alpha value is -3.39. The highest BCUT2D eigenvalue weighted by atomic mass is 32.2. The minimum atomic E-state index is -4.89. The Morgan fingerprint density at radius 3 is 2.42 bits per heavy atom. The fourth-order valence-corrected chi connectivity index (χ4v) is 5.64. The van der Waals surface area contributed by atoms with Gasteiger partial charge in [0.1, 0.15) is 12.4 Å².